The maximum absolute atomic E-state index is 13.6. The Kier molecular flexibility index (Phi) is 5.69. The average molecular weight is 476 g/mol. The lowest BCUT2D eigenvalue weighted by Gasteiger charge is -2.28. The summed E-state index contributed by atoms with van der Waals surface area (Å²) in [4.78, 5) is 36.3. The zero-order chi connectivity index (χ0) is 23.1. The quantitative estimate of drug-likeness (QED) is 0.577. The van der Waals surface area contributed by atoms with Crippen molar-refractivity contribution < 1.29 is 9.59 Å². The topological polar surface area (TPSA) is 71.3 Å². The van der Waals surface area contributed by atoms with Crippen molar-refractivity contribution in [1.29, 1.82) is 0 Å². The molecule has 0 N–H and O–H groups in total. The molecule has 0 unspecified atom stereocenters. The molecule has 1 fully saturated rings. The van der Waals surface area contributed by atoms with Gasteiger partial charge >= 0.3 is 0 Å². The van der Waals surface area contributed by atoms with Gasteiger partial charge in [-0.05, 0) is 61.8 Å². The Morgan fingerprint density at radius 3 is 2.50 bits per heavy atom. The number of pyridine rings is 1. The second-order valence-corrected chi connectivity index (χ2v) is 10.5. The van der Waals surface area contributed by atoms with E-state index in [0.717, 1.165) is 67.6 Å². The van der Waals surface area contributed by atoms with Crippen LogP contribution in [0.2, 0.25) is 0 Å². The lowest BCUT2D eigenvalue weighted by atomic mass is 9.95. The van der Waals surface area contributed by atoms with Gasteiger partial charge in [0.25, 0.3) is 11.8 Å². The summed E-state index contributed by atoms with van der Waals surface area (Å²) in [5, 5.41) is 6.88. The summed E-state index contributed by atoms with van der Waals surface area (Å²) in [6.45, 7) is 3.27. The summed E-state index contributed by atoms with van der Waals surface area (Å²) < 4.78 is 1.97. The smallest absolute Gasteiger partial charge is 0.274 e. The van der Waals surface area contributed by atoms with Crippen LogP contribution in [0.25, 0.3) is 0 Å². The van der Waals surface area contributed by atoms with E-state index in [4.69, 9.17) is 5.10 Å². The minimum Gasteiger partial charge on any atom is -0.337 e. The summed E-state index contributed by atoms with van der Waals surface area (Å²) in [7, 11) is 0. The van der Waals surface area contributed by atoms with Crippen LogP contribution < -0.4 is 0 Å². The van der Waals surface area contributed by atoms with Gasteiger partial charge in [-0.15, -0.1) is 11.3 Å². The number of aryl methyl sites for hydroxylation is 1. The van der Waals surface area contributed by atoms with Crippen LogP contribution in [0.1, 0.15) is 73.8 Å². The SMILES string of the molecule is O=C(c1csc2c1CCCC2)N1CCc2c(c(C(=O)N3CCCC3)nn2Cc2ccncc2)C1. The molecule has 176 valence electrons. The van der Waals surface area contributed by atoms with Crippen molar-refractivity contribution in [2.45, 2.75) is 58.0 Å². The maximum Gasteiger partial charge on any atom is 0.274 e. The van der Waals surface area contributed by atoms with E-state index in [9.17, 15) is 9.59 Å². The monoisotopic (exact) mass is 475 g/mol. The molecule has 5 heterocycles. The number of aromatic nitrogens is 3. The minimum absolute atomic E-state index is 0.00411. The first-order chi connectivity index (χ1) is 16.7. The first kappa shape index (κ1) is 21.5. The second kappa shape index (κ2) is 8.98. The lowest BCUT2D eigenvalue weighted by molar-refractivity contribution is 0.0721. The van der Waals surface area contributed by atoms with Crippen LogP contribution in [0.5, 0.6) is 0 Å². The number of fused-ring (bicyclic) bond motifs is 2. The number of thiophene rings is 1. The molecule has 1 saturated heterocycles. The van der Waals surface area contributed by atoms with Gasteiger partial charge in [0.15, 0.2) is 5.69 Å². The number of nitrogens with zero attached hydrogens (tertiary/aromatic N) is 5. The van der Waals surface area contributed by atoms with Gasteiger partial charge in [0, 0.05) is 60.0 Å². The molecular formula is C26H29N5O2S. The highest BCUT2D eigenvalue weighted by Crippen LogP contribution is 2.33. The molecule has 0 bridgehead atoms. The number of amides is 2. The molecule has 1 aliphatic carbocycles. The molecule has 3 aromatic rings. The third-order valence-electron chi connectivity index (χ3n) is 7.39. The van der Waals surface area contributed by atoms with Crippen LogP contribution >= 0.6 is 11.3 Å². The minimum atomic E-state index is 0.00411. The molecule has 0 saturated carbocycles. The molecule has 7 nitrogen and oxygen atoms in total. The lowest BCUT2D eigenvalue weighted by Crippen LogP contribution is -2.37. The fraction of sp³-hybridized carbons (Fsp3) is 0.462. The van der Waals surface area contributed by atoms with E-state index in [1.54, 1.807) is 23.7 Å². The van der Waals surface area contributed by atoms with Crippen molar-refractivity contribution in [3.05, 3.63) is 68.4 Å². The van der Waals surface area contributed by atoms with Crippen LogP contribution in [0.15, 0.2) is 29.9 Å². The maximum atomic E-state index is 13.6. The predicted octanol–water partition coefficient (Wildman–Crippen LogP) is 3.70. The van der Waals surface area contributed by atoms with E-state index in [2.05, 4.69) is 10.4 Å². The highest BCUT2D eigenvalue weighted by Gasteiger charge is 2.34. The zero-order valence-electron chi connectivity index (χ0n) is 19.3. The van der Waals surface area contributed by atoms with E-state index < -0.39 is 0 Å². The van der Waals surface area contributed by atoms with Crippen LogP contribution in [0.3, 0.4) is 0 Å². The number of rotatable bonds is 4. The van der Waals surface area contributed by atoms with Gasteiger partial charge < -0.3 is 9.80 Å². The predicted molar refractivity (Wildman–Crippen MR) is 130 cm³/mol. The normalized spacial score (nSPS) is 17.5. The molecule has 8 heteroatoms. The van der Waals surface area contributed by atoms with Crippen LogP contribution in [-0.4, -0.2) is 56.0 Å². The van der Waals surface area contributed by atoms with Gasteiger partial charge in [-0.25, -0.2) is 0 Å². The first-order valence-corrected chi connectivity index (χ1v) is 13.2. The Hall–Kier alpha value is -3.00. The number of carbonyl (C=O) groups is 2. The summed E-state index contributed by atoms with van der Waals surface area (Å²) >= 11 is 1.73. The Balaban J connectivity index is 1.32. The van der Waals surface area contributed by atoms with Crippen LogP contribution in [0, 0.1) is 0 Å². The molecule has 3 aromatic heterocycles. The molecular weight excluding hydrogens is 446 g/mol. The summed E-state index contributed by atoms with van der Waals surface area (Å²) in [5.74, 6) is 0.107. The molecule has 0 aromatic carbocycles. The number of hydrogen-bond donors (Lipinski definition) is 0. The summed E-state index contributed by atoms with van der Waals surface area (Å²) in [6, 6.07) is 3.96. The zero-order valence-corrected chi connectivity index (χ0v) is 20.1. The Bertz CT molecular complexity index is 1230. The fourth-order valence-electron chi connectivity index (χ4n) is 5.54. The Labute approximate surface area is 203 Å². The standard InChI is InChI=1S/C26H29N5O2S/c32-25(21-17-34-23-6-2-1-5-19(21)23)30-14-9-22-20(16-30)24(26(33)29-12-3-4-13-29)28-31(22)15-18-7-10-27-11-8-18/h7-8,10-11,17H,1-6,9,12-16H2. The third-order valence-corrected chi connectivity index (χ3v) is 8.48. The number of likely N-dealkylation sites (tertiary alicyclic amines) is 1. The van der Waals surface area contributed by atoms with Crippen molar-refractivity contribution in [3.63, 3.8) is 0 Å². The average Bonchev–Trinajstić information content (AvgIpc) is 3.63. The van der Waals surface area contributed by atoms with E-state index in [1.165, 1.54) is 16.9 Å². The Morgan fingerprint density at radius 1 is 0.882 bits per heavy atom. The van der Waals surface area contributed by atoms with Gasteiger partial charge in [0.05, 0.1) is 18.7 Å². The largest absolute Gasteiger partial charge is 0.337 e. The molecule has 6 rings (SSSR count). The molecule has 0 spiro atoms. The third kappa shape index (κ3) is 3.83. The fourth-order valence-corrected chi connectivity index (χ4v) is 6.66. The van der Waals surface area contributed by atoms with E-state index in [1.807, 2.05) is 26.6 Å². The highest BCUT2D eigenvalue weighted by molar-refractivity contribution is 7.10. The number of hydrogen-bond acceptors (Lipinski definition) is 5. The van der Waals surface area contributed by atoms with Gasteiger partial charge in [-0.3, -0.25) is 19.3 Å². The van der Waals surface area contributed by atoms with Crippen molar-refractivity contribution >= 4 is 23.2 Å². The van der Waals surface area contributed by atoms with E-state index in [0.29, 0.717) is 31.7 Å². The summed E-state index contributed by atoms with van der Waals surface area (Å²) in [5.41, 5.74) is 5.76. The Morgan fingerprint density at radius 2 is 1.68 bits per heavy atom. The van der Waals surface area contributed by atoms with Gasteiger partial charge in [0.1, 0.15) is 0 Å². The van der Waals surface area contributed by atoms with Crippen molar-refractivity contribution in [2.75, 3.05) is 19.6 Å². The van der Waals surface area contributed by atoms with Crippen LogP contribution in [0.4, 0.5) is 0 Å². The van der Waals surface area contributed by atoms with Crippen molar-refractivity contribution in [3.8, 4) is 0 Å². The molecule has 2 aliphatic heterocycles. The molecule has 0 radical (unpaired) electrons. The van der Waals surface area contributed by atoms with Gasteiger partial charge in [-0.2, -0.15) is 5.10 Å². The van der Waals surface area contributed by atoms with E-state index in [-0.39, 0.29) is 11.8 Å². The molecule has 34 heavy (non-hydrogen) atoms. The van der Waals surface area contributed by atoms with Crippen molar-refractivity contribution in [2.24, 2.45) is 0 Å². The van der Waals surface area contributed by atoms with Crippen LogP contribution in [-0.2, 0) is 32.4 Å². The number of carbonyl (C=O) groups excluding carboxylic acids is 2. The van der Waals surface area contributed by atoms with Gasteiger partial charge in [0.2, 0.25) is 0 Å². The first-order valence-electron chi connectivity index (χ1n) is 12.3. The van der Waals surface area contributed by atoms with E-state index >= 15 is 0 Å². The molecule has 0 atom stereocenters. The molecule has 2 amide bonds. The molecule has 3 aliphatic rings. The van der Waals surface area contributed by atoms with Gasteiger partial charge in [-0.1, -0.05) is 0 Å². The van der Waals surface area contributed by atoms with Crippen molar-refractivity contribution in [1.82, 2.24) is 24.6 Å². The summed E-state index contributed by atoms with van der Waals surface area (Å²) in [6.07, 6.45) is 10.8. The second-order valence-electron chi connectivity index (χ2n) is 9.52. The highest BCUT2D eigenvalue weighted by atomic mass is 32.1.